The first-order valence-corrected chi connectivity index (χ1v) is 15.4. The van der Waals surface area contributed by atoms with Crippen molar-refractivity contribution in [2.75, 3.05) is 5.32 Å². The van der Waals surface area contributed by atoms with E-state index in [0.29, 0.717) is 0 Å². The molecule has 0 saturated heterocycles. The van der Waals surface area contributed by atoms with Crippen LogP contribution in [-0.4, -0.2) is 0 Å². The number of para-hydroxylation sites is 2. The minimum absolute atomic E-state index is 0.383. The zero-order valence-corrected chi connectivity index (χ0v) is 24.6. The standard InChI is InChI=1S/C43H29NO/c1-3-12-30(13-4-1)43(31-14-5-2-6-15-31)39-20-9-7-16-35(39)38-28-33(26-27-40(38)43)44-32-24-22-29(23-25-32)34-18-11-19-37-36-17-8-10-21-41(36)45-42(34)37/h1-28,44H. The van der Waals surface area contributed by atoms with Crippen molar-refractivity contribution < 1.29 is 4.42 Å². The third-order valence-electron chi connectivity index (χ3n) is 9.35. The Morgan fingerprint density at radius 1 is 0.422 bits per heavy atom. The van der Waals surface area contributed by atoms with Gasteiger partial charge in [-0.1, -0.05) is 140 Å². The molecule has 0 aliphatic heterocycles. The van der Waals surface area contributed by atoms with Gasteiger partial charge in [-0.3, -0.25) is 0 Å². The Bertz CT molecular complexity index is 2290. The number of benzene rings is 7. The summed E-state index contributed by atoms with van der Waals surface area (Å²) in [4.78, 5) is 0. The zero-order valence-electron chi connectivity index (χ0n) is 24.6. The summed E-state index contributed by atoms with van der Waals surface area (Å²) in [7, 11) is 0. The van der Waals surface area contributed by atoms with Crippen molar-refractivity contribution >= 4 is 33.3 Å². The molecule has 0 unspecified atom stereocenters. The van der Waals surface area contributed by atoms with Crippen molar-refractivity contribution in [3.8, 4) is 22.3 Å². The van der Waals surface area contributed by atoms with Crippen LogP contribution >= 0.6 is 0 Å². The Hall–Kier alpha value is -5.86. The molecule has 8 aromatic rings. The van der Waals surface area contributed by atoms with Crippen LogP contribution in [0.4, 0.5) is 11.4 Å². The van der Waals surface area contributed by atoms with Gasteiger partial charge in [-0.15, -0.1) is 0 Å². The third kappa shape index (κ3) is 3.89. The highest BCUT2D eigenvalue weighted by molar-refractivity contribution is 6.09. The Balaban J connectivity index is 1.11. The summed E-state index contributed by atoms with van der Waals surface area (Å²) in [5.41, 5.74) is 13.5. The van der Waals surface area contributed by atoms with E-state index >= 15 is 0 Å². The minimum Gasteiger partial charge on any atom is -0.455 e. The Morgan fingerprint density at radius 2 is 1.02 bits per heavy atom. The molecule has 0 bridgehead atoms. The maximum atomic E-state index is 6.30. The van der Waals surface area contributed by atoms with Crippen molar-refractivity contribution in [3.05, 3.63) is 192 Å². The molecule has 9 rings (SSSR count). The molecule has 1 heterocycles. The summed E-state index contributed by atoms with van der Waals surface area (Å²) >= 11 is 0. The molecule has 0 atom stereocenters. The van der Waals surface area contributed by atoms with E-state index in [1.807, 2.05) is 12.1 Å². The molecule has 0 fully saturated rings. The van der Waals surface area contributed by atoms with Gasteiger partial charge in [0.15, 0.2) is 0 Å². The van der Waals surface area contributed by atoms with Gasteiger partial charge in [-0.25, -0.2) is 0 Å². The lowest BCUT2D eigenvalue weighted by atomic mass is 9.68. The van der Waals surface area contributed by atoms with E-state index in [4.69, 9.17) is 4.42 Å². The van der Waals surface area contributed by atoms with Crippen molar-refractivity contribution in [3.63, 3.8) is 0 Å². The van der Waals surface area contributed by atoms with Gasteiger partial charge >= 0.3 is 0 Å². The molecule has 0 radical (unpaired) electrons. The maximum Gasteiger partial charge on any atom is 0.143 e. The highest BCUT2D eigenvalue weighted by atomic mass is 16.3. The van der Waals surface area contributed by atoms with E-state index in [1.54, 1.807) is 0 Å². The molecule has 1 aliphatic rings. The number of rotatable bonds is 5. The fourth-order valence-electron chi connectivity index (χ4n) is 7.40. The highest BCUT2D eigenvalue weighted by Crippen LogP contribution is 2.56. The van der Waals surface area contributed by atoms with Crippen LogP contribution in [0, 0.1) is 0 Å². The van der Waals surface area contributed by atoms with Crippen LogP contribution in [0.15, 0.2) is 174 Å². The van der Waals surface area contributed by atoms with Crippen LogP contribution in [-0.2, 0) is 5.41 Å². The summed E-state index contributed by atoms with van der Waals surface area (Å²) in [5.74, 6) is 0. The van der Waals surface area contributed by atoms with Crippen molar-refractivity contribution in [2.24, 2.45) is 0 Å². The molecule has 2 heteroatoms. The van der Waals surface area contributed by atoms with Gasteiger partial charge in [0, 0.05) is 27.7 Å². The summed E-state index contributed by atoms with van der Waals surface area (Å²) in [6.07, 6.45) is 0. The monoisotopic (exact) mass is 575 g/mol. The second-order valence-electron chi connectivity index (χ2n) is 11.8. The largest absolute Gasteiger partial charge is 0.455 e. The molecule has 0 amide bonds. The first-order chi connectivity index (χ1) is 22.3. The van der Waals surface area contributed by atoms with Gasteiger partial charge in [-0.2, -0.15) is 0 Å². The van der Waals surface area contributed by atoms with Crippen molar-refractivity contribution in [1.82, 2.24) is 0 Å². The molecule has 1 aromatic heterocycles. The van der Waals surface area contributed by atoms with Gasteiger partial charge in [0.25, 0.3) is 0 Å². The number of anilines is 2. The van der Waals surface area contributed by atoms with Crippen LogP contribution in [0.5, 0.6) is 0 Å². The fourth-order valence-corrected chi connectivity index (χ4v) is 7.40. The summed E-state index contributed by atoms with van der Waals surface area (Å²) in [6, 6.07) is 60.8. The smallest absolute Gasteiger partial charge is 0.143 e. The second-order valence-corrected chi connectivity index (χ2v) is 11.8. The van der Waals surface area contributed by atoms with E-state index in [9.17, 15) is 0 Å². The summed E-state index contributed by atoms with van der Waals surface area (Å²) in [5, 5.41) is 5.98. The van der Waals surface area contributed by atoms with Crippen molar-refractivity contribution in [1.29, 1.82) is 0 Å². The zero-order chi connectivity index (χ0) is 29.8. The summed E-state index contributed by atoms with van der Waals surface area (Å²) < 4.78 is 6.30. The van der Waals surface area contributed by atoms with E-state index in [0.717, 1.165) is 44.4 Å². The third-order valence-corrected chi connectivity index (χ3v) is 9.35. The van der Waals surface area contributed by atoms with Crippen molar-refractivity contribution in [2.45, 2.75) is 5.41 Å². The average molecular weight is 576 g/mol. The van der Waals surface area contributed by atoms with E-state index in [1.165, 1.54) is 33.4 Å². The molecule has 7 aromatic carbocycles. The Morgan fingerprint density at radius 3 is 1.80 bits per heavy atom. The lowest BCUT2D eigenvalue weighted by Gasteiger charge is -2.33. The lowest BCUT2D eigenvalue weighted by molar-refractivity contribution is 0.670. The molecular formula is C43H29NO. The number of nitrogens with one attached hydrogen (secondary N) is 1. The normalized spacial score (nSPS) is 13.1. The van der Waals surface area contributed by atoms with Crippen LogP contribution in [0.1, 0.15) is 22.3 Å². The highest BCUT2D eigenvalue weighted by Gasteiger charge is 2.45. The molecular weight excluding hydrogens is 546 g/mol. The fraction of sp³-hybridized carbons (Fsp3) is 0.0233. The predicted molar refractivity (Wildman–Crippen MR) is 186 cm³/mol. The number of hydrogen-bond donors (Lipinski definition) is 1. The maximum absolute atomic E-state index is 6.30. The van der Waals surface area contributed by atoms with Crippen LogP contribution < -0.4 is 5.32 Å². The minimum atomic E-state index is -0.383. The number of fused-ring (bicyclic) bond motifs is 6. The van der Waals surface area contributed by atoms with Gasteiger partial charge in [0.2, 0.25) is 0 Å². The van der Waals surface area contributed by atoms with Crippen LogP contribution in [0.3, 0.4) is 0 Å². The van der Waals surface area contributed by atoms with E-state index < -0.39 is 0 Å². The summed E-state index contributed by atoms with van der Waals surface area (Å²) in [6.45, 7) is 0. The lowest BCUT2D eigenvalue weighted by Crippen LogP contribution is -2.28. The Kier molecular flexibility index (Phi) is 5.76. The van der Waals surface area contributed by atoms with Gasteiger partial charge in [-0.05, 0) is 69.3 Å². The molecule has 0 spiro atoms. The topological polar surface area (TPSA) is 25.2 Å². The van der Waals surface area contributed by atoms with Gasteiger partial charge in [0.1, 0.15) is 11.2 Å². The molecule has 2 nitrogen and oxygen atoms in total. The first kappa shape index (κ1) is 25.6. The molecule has 212 valence electrons. The van der Waals surface area contributed by atoms with E-state index in [2.05, 4.69) is 163 Å². The number of furan rings is 1. The van der Waals surface area contributed by atoms with Crippen LogP contribution in [0.25, 0.3) is 44.2 Å². The van der Waals surface area contributed by atoms with E-state index in [-0.39, 0.29) is 5.41 Å². The average Bonchev–Trinajstić information content (AvgIpc) is 3.63. The SMILES string of the molecule is c1ccc(C2(c3ccccc3)c3ccccc3-c3cc(Nc4ccc(-c5cccc6c5oc5ccccc56)cc4)ccc32)cc1. The van der Waals surface area contributed by atoms with Gasteiger partial charge < -0.3 is 9.73 Å². The quantitative estimate of drug-likeness (QED) is 0.221. The molecule has 45 heavy (non-hydrogen) atoms. The van der Waals surface area contributed by atoms with Gasteiger partial charge in [0.05, 0.1) is 5.41 Å². The number of hydrogen-bond acceptors (Lipinski definition) is 2. The Labute approximate surface area is 262 Å². The molecule has 1 aliphatic carbocycles. The first-order valence-electron chi connectivity index (χ1n) is 15.4. The second kappa shape index (κ2) is 10.1. The molecule has 0 saturated carbocycles. The molecule has 1 N–H and O–H groups in total. The predicted octanol–water partition coefficient (Wildman–Crippen LogP) is 11.4. The van der Waals surface area contributed by atoms with Crippen LogP contribution in [0.2, 0.25) is 0 Å².